The molecule has 0 saturated carbocycles. The second-order valence-corrected chi connectivity index (χ2v) is 3.32. The molecule has 0 fully saturated rings. The van der Waals surface area contributed by atoms with Crippen LogP contribution in [0.15, 0.2) is 0 Å². The van der Waals surface area contributed by atoms with Crippen molar-refractivity contribution in [3.63, 3.8) is 0 Å². The number of amides is 1. The molecule has 0 radical (unpaired) electrons. The maximum atomic E-state index is 10.6. The Bertz CT molecular complexity index is 170. The molecule has 0 aromatic rings. The minimum absolute atomic E-state index is 0.0471. The second-order valence-electron chi connectivity index (χ2n) is 3.32. The molecule has 0 rings (SSSR count). The van der Waals surface area contributed by atoms with Gasteiger partial charge in [0.25, 0.3) is 0 Å². The quantitative estimate of drug-likeness (QED) is 0.544. The molecule has 1 atom stereocenters. The molecule has 0 spiro atoms. The topological polar surface area (TPSA) is 73.6 Å². The summed E-state index contributed by atoms with van der Waals surface area (Å²) in [5, 5.41) is 3.13. The molecule has 0 aliphatic heterocycles. The van der Waals surface area contributed by atoms with Gasteiger partial charge in [-0.15, -0.1) is 0 Å². The molecule has 0 aliphatic rings. The van der Waals surface area contributed by atoms with Crippen LogP contribution in [0.3, 0.4) is 0 Å². The van der Waals surface area contributed by atoms with E-state index in [4.69, 9.17) is 15.2 Å². The van der Waals surface area contributed by atoms with Crippen molar-refractivity contribution in [3.05, 3.63) is 0 Å². The number of primary amides is 1. The largest absolute Gasteiger partial charge is 0.370 e. The van der Waals surface area contributed by atoms with Crippen molar-refractivity contribution in [1.82, 2.24) is 5.32 Å². The van der Waals surface area contributed by atoms with Gasteiger partial charge in [-0.3, -0.25) is 4.79 Å². The Morgan fingerprint density at radius 2 is 1.87 bits per heavy atom. The fraction of sp³-hybridized carbons (Fsp3) is 0.900. The normalized spacial score (nSPS) is 13.1. The lowest BCUT2D eigenvalue weighted by atomic mass is 10.2. The lowest BCUT2D eigenvalue weighted by Crippen LogP contribution is -2.38. The lowest BCUT2D eigenvalue weighted by Gasteiger charge is -2.20. The number of hydrogen-bond acceptors (Lipinski definition) is 4. The molecule has 15 heavy (non-hydrogen) atoms. The molecule has 5 nitrogen and oxygen atoms in total. The van der Waals surface area contributed by atoms with E-state index in [1.54, 1.807) is 0 Å². The Labute approximate surface area is 91.3 Å². The van der Waals surface area contributed by atoms with E-state index < -0.39 is 0 Å². The Hall–Kier alpha value is -0.650. The Morgan fingerprint density at radius 3 is 2.27 bits per heavy atom. The summed E-state index contributed by atoms with van der Waals surface area (Å²) in [6.07, 6.45) is 0.0700. The van der Waals surface area contributed by atoms with Gasteiger partial charge in [0.2, 0.25) is 5.91 Å². The van der Waals surface area contributed by atoms with E-state index in [-0.39, 0.29) is 18.2 Å². The molecule has 1 unspecified atom stereocenters. The maximum Gasteiger partial charge on any atom is 0.218 e. The molecule has 90 valence electrons. The molecule has 1 amide bonds. The first-order chi connectivity index (χ1) is 7.10. The first-order valence-corrected chi connectivity index (χ1v) is 5.35. The number of nitrogens with one attached hydrogen (secondary N) is 1. The highest BCUT2D eigenvalue weighted by molar-refractivity contribution is 5.74. The SMILES string of the molecule is CCOC(CNC(C)CC(N)=O)OCC. The van der Waals surface area contributed by atoms with E-state index in [0.29, 0.717) is 26.2 Å². The van der Waals surface area contributed by atoms with Gasteiger partial charge in [-0.05, 0) is 20.8 Å². The third kappa shape index (κ3) is 8.35. The number of carbonyl (C=O) groups is 1. The van der Waals surface area contributed by atoms with Gasteiger partial charge >= 0.3 is 0 Å². The Balaban J connectivity index is 3.71. The van der Waals surface area contributed by atoms with Crippen LogP contribution < -0.4 is 11.1 Å². The van der Waals surface area contributed by atoms with E-state index in [1.807, 2.05) is 20.8 Å². The molecule has 0 aromatic carbocycles. The van der Waals surface area contributed by atoms with Crippen LogP contribution in [0.2, 0.25) is 0 Å². The summed E-state index contributed by atoms with van der Waals surface area (Å²) in [5.74, 6) is -0.306. The van der Waals surface area contributed by atoms with Crippen LogP contribution in [0.1, 0.15) is 27.2 Å². The zero-order valence-electron chi connectivity index (χ0n) is 9.79. The van der Waals surface area contributed by atoms with Crippen molar-refractivity contribution in [2.75, 3.05) is 19.8 Å². The number of carbonyl (C=O) groups excluding carboxylic acids is 1. The van der Waals surface area contributed by atoms with Gasteiger partial charge in [-0.25, -0.2) is 0 Å². The molecular formula is C10H22N2O3. The van der Waals surface area contributed by atoms with Crippen molar-refractivity contribution < 1.29 is 14.3 Å². The zero-order valence-corrected chi connectivity index (χ0v) is 9.79. The van der Waals surface area contributed by atoms with Crippen LogP contribution in [0, 0.1) is 0 Å². The van der Waals surface area contributed by atoms with Gasteiger partial charge < -0.3 is 20.5 Å². The van der Waals surface area contributed by atoms with Crippen molar-refractivity contribution >= 4 is 5.91 Å². The average Bonchev–Trinajstić information content (AvgIpc) is 2.14. The van der Waals surface area contributed by atoms with Gasteiger partial charge in [-0.2, -0.15) is 0 Å². The average molecular weight is 218 g/mol. The number of nitrogens with two attached hydrogens (primary N) is 1. The van der Waals surface area contributed by atoms with Crippen LogP contribution in [-0.2, 0) is 14.3 Å². The van der Waals surface area contributed by atoms with E-state index in [9.17, 15) is 4.79 Å². The molecule has 0 bridgehead atoms. The summed E-state index contributed by atoms with van der Waals surface area (Å²) in [7, 11) is 0. The highest BCUT2D eigenvalue weighted by Crippen LogP contribution is 1.96. The number of rotatable bonds is 9. The molecular weight excluding hydrogens is 196 g/mol. The molecule has 5 heteroatoms. The Kier molecular flexibility index (Phi) is 8.27. The number of hydrogen-bond donors (Lipinski definition) is 2. The van der Waals surface area contributed by atoms with Crippen molar-refractivity contribution in [1.29, 1.82) is 0 Å². The molecule has 0 heterocycles. The van der Waals surface area contributed by atoms with Gasteiger partial charge in [0, 0.05) is 32.2 Å². The zero-order chi connectivity index (χ0) is 11.7. The summed E-state index contributed by atoms with van der Waals surface area (Å²) < 4.78 is 10.7. The van der Waals surface area contributed by atoms with Crippen LogP contribution in [0.5, 0.6) is 0 Å². The smallest absolute Gasteiger partial charge is 0.218 e. The minimum Gasteiger partial charge on any atom is -0.370 e. The first-order valence-electron chi connectivity index (χ1n) is 5.35. The summed E-state index contributed by atoms with van der Waals surface area (Å²) in [4.78, 5) is 10.6. The van der Waals surface area contributed by atoms with Crippen LogP contribution in [-0.4, -0.2) is 38.0 Å². The molecule has 3 N–H and O–H groups in total. The van der Waals surface area contributed by atoms with Crippen molar-refractivity contribution in [2.45, 2.75) is 39.5 Å². The summed E-state index contributed by atoms with van der Waals surface area (Å²) in [6.45, 7) is 7.51. The van der Waals surface area contributed by atoms with Crippen molar-refractivity contribution in [2.24, 2.45) is 5.73 Å². The van der Waals surface area contributed by atoms with Crippen LogP contribution in [0.25, 0.3) is 0 Å². The third-order valence-corrected chi connectivity index (χ3v) is 1.85. The molecule has 0 saturated heterocycles. The molecule has 0 aliphatic carbocycles. The highest BCUT2D eigenvalue weighted by Gasteiger charge is 2.10. The van der Waals surface area contributed by atoms with E-state index in [2.05, 4.69) is 5.32 Å². The maximum absolute atomic E-state index is 10.6. The number of ether oxygens (including phenoxy) is 2. The Morgan fingerprint density at radius 1 is 1.33 bits per heavy atom. The standard InChI is InChI=1S/C10H22N2O3/c1-4-14-10(15-5-2)7-12-8(3)6-9(11)13/h8,10,12H,4-7H2,1-3H3,(H2,11,13). The van der Waals surface area contributed by atoms with Crippen molar-refractivity contribution in [3.8, 4) is 0 Å². The summed E-state index contributed by atoms with van der Waals surface area (Å²) in [6, 6.07) is 0.0471. The van der Waals surface area contributed by atoms with E-state index in [0.717, 1.165) is 0 Å². The van der Waals surface area contributed by atoms with Gasteiger partial charge in [0.05, 0.1) is 0 Å². The monoisotopic (exact) mass is 218 g/mol. The second kappa shape index (κ2) is 8.64. The van der Waals surface area contributed by atoms with E-state index >= 15 is 0 Å². The van der Waals surface area contributed by atoms with Gasteiger partial charge in [0.1, 0.15) is 0 Å². The summed E-state index contributed by atoms with van der Waals surface area (Å²) >= 11 is 0. The summed E-state index contributed by atoms with van der Waals surface area (Å²) in [5.41, 5.74) is 5.08. The predicted molar refractivity (Wildman–Crippen MR) is 58.3 cm³/mol. The lowest BCUT2D eigenvalue weighted by molar-refractivity contribution is -0.134. The van der Waals surface area contributed by atoms with Crippen LogP contribution in [0.4, 0.5) is 0 Å². The third-order valence-electron chi connectivity index (χ3n) is 1.85. The van der Waals surface area contributed by atoms with E-state index in [1.165, 1.54) is 0 Å². The molecule has 0 aromatic heterocycles. The fourth-order valence-corrected chi connectivity index (χ4v) is 1.21. The van der Waals surface area contributed by atoms with Crippen LogP contribution >= 0.6 is 0 Å². The van der Waals surface area contributed by atoms with Gasteiger partial charge in [0.15, 0.2) is 6.29 Å². The first kappa shape index (κ1) is 14.3. The minimum atomic E-state index is -0.306. The predicted octanol–water partition coefficient (Wildman–Crippen LogP) is 0.239. The highest BCUT2D eigenvalue weighted by atomic mass is 16.7. The van der Waals surface area contributed by atoms with Gasteiger partial charge in [-0.1, -0.05) is 0 Å². The fourth-order valence-electron chi connectivity index (χ4n) is 1.21.